The summed E-state index contributed by atoms with van der Waals surface area (Å²) in [6, 6.07) is 0. The third-order valence-electron chi connectivity index (χ3n) is 1.76. The maximum absolute atomic E-state index is 11.0. The summed E-state index contributed by atoms with van der Waals surface area (Å²) < 4.78 is 117. The quantitative estimate of drug-likeness (QED) is 0.367. The Hall–Kier alpha value is -0.470. The van der Waals surface area contributed by atoms with Gasteiger partial charge in [0.25, 0.3) is 10.1 Å². The average molecular weight is 407 g/mol. The van der Waals surface area contributed by atoms with Gasteiger partial charge < -0.3 is 0 Å². The SMILES string of the molecule is O=S(=O)(O)C1=C(S(=O)(=O)O)N(S(=O)(=O)O)C(S(=O)(=O)O)S1. The first kappa shape index (κ1) is 18.6. The summed E-state index contributed by atoms with van der Waals surface area (Å²) >= 11 is -0.654. The van der Waals surface area contributed by atoms with Crippen LogP contribution in [0.5, 0.6) is 0 Å². The molecular formula is C3H5NO12S5. The fraction of sp³-hybridized carbons (Fsp3) is 0.333. The molecule has 0 saturated heterocycles. The maximum atomic E-state index is 11.0. The zero-order valence-electron chi connectivity index (χ0n) is 9.12. The summed E-state index contributed by atoms with van der Waals surface area (Å²) in [6.07, 6.45) is 0. The van der Waals surface area contributed by atoms with Crippen LogP contribution >= 0.6 is 11.8 Å². The van der Waals surface area contributed by atoms with E-state index in [9.17, 15) is 33.7 Å². The summed E-state index contributed by atoms with van der Waals surface area (Å²) in [5.74, 6) is 0. The van der Waals surface area contributed by atoms with Gasteiger partial charge in [0.1, 0.15) is 0 Å². The van der Waals surface area contributed by atoms with Crippen LogP contribution < -0.4 is 0 Å². The zero-order valence-corrected chi connectivity index (χ0v) is 13.2. The fourth-order valence-corrected chi connectivity index (χ4v) is 8.20. The Morgan fingerprint density at radius 2 is 1.24 bits per heavy atom. The van der Waals surface area contributed by atoms with E-state index in [1.54, 1.807) is 0 Å². The van der Waals surface area contributed by atoms with Crippen molar-refractivity contribution in [3.8, 4) is 0 Å². The summed E-state index contributed by atoms with van der Waals surface area (Å²) in [6.45, 7) is 0. The van der Waals surface area contributed by atoms with E-state index < -0.39 is 70.7 Å². The summed E-state index contributed by atoms with van der Waals surface area (Å²) in [5.41, 5.74) is 0. The van der Waals surface area contributed by atoms with Crippen molar-refractivity contribution in [2.75, 3.05) is 0 Å². The molecule has 1 atom stereocenters. The highest BCUT2D eigenvalue weighted by Gasteiger charge is 2.53. The highest BCUT2D eigenvalue weighted by molar-refractivity contribution is 8.23. The van der Waals surface area contributed by atoms with Gasteiger partial charge in [0.15, 0.2) is 4.24 Å². The molecule has 0 fully saturated rings. The van der Waals surface area contributed by atoms with Crippen molar-refractivity contribution in [2.24, 2.45) is 0 Å². The van der Waals surface area contributed by atoms with Crippen molar-refractivity contribution < 1.29 is 51.9 Å². The Kier molecular flexibility index (Phi) is 4.45. The van der Waals surface area contributed by atoms with Crippen LogP contribution in [-0.2, 0) is 40.7 Å². The number of hydrogen-bond donors (Lipinski definition) is 4. The maximum Gasteiger partial charge on any atom is 0.362 e. The molecule has 0 bridgehead atoms. The molecule has 1 aliphatic rings. The minimum absolute atomic E-state index is 0.654. The lowest BCUT2D eigenvalue weighted by Crippen LogP contribution is -2.40. The van der Waals surface area contributed by atoms with Crippen molar-refractivity contribution in [3.63, 3.8) is 0 Å². The van der Waals surface area contributed by atoms with Gasteiger partial charge in [-0.2, -0.15) is 33.7 Å². The Balaban J connectivity index is 3.91. The van der Waals surface area contributed by atoms with Gasteiger partial charge in [-0.25, -0.2) is 4.31 Å². The van der Waals surface area contributed by atoms with Gasteiger partial charge in [-0.05, 0) is 0 Å². The molecule has 0 aromatic rings. The molecule has 0 spiro atoms. The van der Waals surface area contributed by atoms with Gasteiger partial charge in [-0.3, -0.25) is 18.2 Å². The van der Waals surface area contributed by atoms with E-state index in [1.807, 2.05) is 0 Å². The van der Waals surface area contributed by atoms with E-state index in [0.29, 0.717) is 0 Å². The third kappa shape index (κ3) is 3.84. The lowest BCUT2D eigenvalue weighted by molar-refractivity contribution is 0.390. The first-order chi connectivity index (χ1) is 8.97. The van der Waals surface area contributed by atoms with Gasteiger partial charge in [0.2, 0.25) is 9.73 Å². The van der Waals surface area contributed by atoms with Crippen molar-refractivity contribution >= 4 is 52.4 Å². The highest BCUT2D eigenvalue weighted by Crippen LogP contribution is 2.45. The standard InChI is InChI=1S/C3H5NO12S5/c5-18(6,7)1-2(19(8,9)10)17-3(20(11,12)13)4(1)21(14,15)16/h3H,(H,5,6,7)(H,8,9,10)(H,11,12,13)(H,14,15,16). The molecule has 0 radical (unpaired) electrons. The molecule has 1 unspecified atom stereocenters. The molecule has 4 N–H and O–H groups in total. The predicted octanol–water partition coefficient (Wildman–Crippen LogP) is -2.09. The van der Waals surface area contributed by atoms with E-state index in [-0.39, 0.29) is 0 Å². The number of hydrogen-bond acceptors (Lipinski definition) is 9. The van der Waals surface area contributed by atoms with E-state index in [1.165, 1.54) is 0 Å². The smallest absolute Gasteiger partial charge is 0.283 e. The van der Waals surface area contributed by atoms with E-state index in [4.69, 9.17) is 18.2 Å². The number of rotatable bonds is 4. The molecule has 21 heavy (non-hydrogen) atoms. The third-order valence-corrected chi connectivity index (χ3v) is 8.32. The Morgan fingerprint density at radius 1 is 0.810 bits per heavy atom. The Bertz CT molecular complexity index is 901. The molecule has 0 aromatic heterocycles. The van der Waals surface area contributed by atoms with Crippen LogP contribution in [0.4, 0.5) is 0 Å². The summed E-state index contributed by atoms with van der Waals surface area (Å²) in [7, 11) is -22.5. The lowest BCUT2D eigenvalue weighted by atomic mass is 11.0. The molecule has 0 aromatic carbocycles. The van der Waals surface area contributed by atoms with E-state index in [2.05, 4.69) is 0 Å². The van der Waals surface area contributed by atoms with Crippen LogP contribution in [-0.4, -0.2) is 60.9 Å². The minimum atomic E-state index is -5.76. The molecule has 124 valence electrons. The topological polar surface area (TPSA) is 221 Å². The average Bonchev–Trinajstić information content (AvgIpc) is 2.52. The molecule has 0 aliphatic carbocycles. The molecule has 1 aliphatic heterocycles. The van der Waals surface area contributed by atoms with Crippen LogP contribution in [0.15, 0.2) is 9.27 Å². The zero-order chi connectivity index (χ0) is 17.0. The number of thioether (sulfide) groups is 1. The first-order valence-corrected chi connectivity index (χ1v) is 10.7. The van der Waals surface area contributed by atoms with Crippen LogP contribution in [0.3, 0.4) is 0 Å². The summed E-state index contributed by atoms with van der Waals surface area (Å²) in [4.78, 5) is 0. The largest absolute Gasteiger partial charge is 0.362 e. The molecular weight excluding hydrogens is 402 g/mol. The van der Waals surface area contributed by atoms with E-state index >= 15 is 0 Å². The van der Waals surface area contributed by atoms with Crippen molar-refractivity contribution in [1.82, 2.24) is 4.31 Å². The summed E-state index contributed by atoms with van der Waals surface area (Å²) in [5, 5.41) is -2.14. The molecule has 1 rings (SSSR count). The Labute approximate surface area is 122 Å². The fourth-order valence-electron chi connectivity index (χ4n) is 1.16. The van der Waals surface area contributed by atoms with Gasteiger partial charge in [-0.1, -0.05) is 11.8 Å². The molecule has 1 heterocycles. The molecule has 0 amide bonds. The van der Waals surface area contributed by atoms with Gasteiger partial charge in [0.05, 0.1) is 0 Å². The van der Waals surface area contributed by atoms with Crippen LogP contribution in [0, 0.1) is 0 Å². The predicted molar refractivity (Wildman–Crippen MR) is 66.4 cm³/mol. The van der Waals surface area contributed by atoms with E-state index in [0.717, 1.165) is 0 Å². The van der Waals surface area contributed by atoms with Crippen LogP contribution in [0.25, 0.3) is 0 Å². The van der Waals surface area contributed by atoms with Crippen LogP contribution in [0.2, 0.25) is 0 Å². The number of nitrogens with zero attached hydrogens (tertiary/aromatic N) is 1. The molecule has 18 heteroatoms. The highest BCUT2D eigenvalue weighted by atomic mass is 32.3. The monoisotopic (exact) mass is 407 g/mol. The van der Waals surface area contributed by atoms with Gasteiger partial charge in [0, 0.05) is 0 Å². The van der Waals surface area contributed by atoms with Gasteiger partial charge in [-0.15, -0.1) is 0 Å². The normalized spacial score (nSPS) is 21.9. The minimum Gasteiger partial charge on any atom is -0.283 e. The first-order valence-electron chi connectivity index (χ1n) is 4.06. The van der Waals surface area contributed by atoms with Gasteiger partial charge >= 0.3 is 30.5 Å². The second-order valence-corrected chi connectivity index (χ2v) is 10.4. The lowest BCUT2D eigenvalue weighted by Gasteiger charge is -2.20. The molecule has 13 nitrogen and oxygen atoms in total. The Morgan fingerprint density at radius 3 is 1.48 bits per heavy atom. The van der Waals surface area contributed by atoms with Crippen molar-refractivity contribution in [1.29, 1.82) is 0 Å². The van der Waals surface area contributed by atoms with Crippen molar-refractivity contribution in [3.05, 3.63) is 9.27 Å². The second-order valence-electron chi connectivity index (χ2n) is 3.26. The van der Waals surface area contributed by atoms with Crippen molar-refractivity contribution in [2.45, 2.75) is 4.71 Å². The second kappa shape index (κ2) is 5.03. The van der Waals surface area contributed by atoms with Crippen LogP contribution in [0.1, 0.15) is 0 Å². The molecule has 0 saturated carbocycles.